The summed E-state index contributed by atoms with van der Waals surface area (Å²) >= 11 is 0. The van der Waals surface area contributed by atoms with Crippen LogP contribution in [-0.4, -0.2) is 32.7 Å². The SMILES string of the molecule is COC(=O)c1cnc2c(c1)ncn2-c1ccc(O)cc1. The molecule has 0 aliphatic heterocycles. The van der Waals surface area contributed by atoms with Gasteiger partial charge in [0.15, 0.2) is 5.65 Å². The predicted octanol–water partition coefficient (Wildman–Crippen LogP) is 1.91. The van der Waals surface area contributed by atoms with Crippen LogP contribution >= 0.6 is 0 Å². The molecule has 0 fully saturated rings. The monoisotopic (exact) mass is 269 g/mol. The number of nitrogens with zero attached hydrogens (tertiary/aromatic N) is 3. The maximum Gasteiger partial charge on any atom is 0.339 e. The average molecular weight is 269 g/mol. The van der Waals surface area contributed by atoms with Crippen LogP contribution in [0.1, 0.15) is 10.4 Å². The van der Waals surface area contributed by atoms with Crippen molar-refractivity contribution in [2.24, 2.45) is 0 Å². The summed E-state index contributed by atoms with van der Waals surface area (Å²) in [5.41, 5.74) is 2.41. The lowest BCUT2D eigenvalue weighted by Gasteiger charge is -2.04. The highest BCUT2D eigenvalue weighted by molar-refractivity contribution is 5.92. The highest BCUT2D eigenvalue weighted by atomic mass is 16.5. The van der Waals surface area contributed by atoms with Crippen molar-refractivity contribution in [1.29, 1.82) is 0 Å². The summed E-state index contributed by atoms with van der Waals surface area (Å²) in [5.74, 6) is -0.252. The number of imidazole rings is 1. The zero-order valence-corrected chi connectivity index (χ0v) is 10.6. The molecule has 2 heterocycles. The first-order valence-corrected chi connectivity index (χ1v) is 5.90. The van der Waals surface area contributed by atoms with Gasteiger partial charge in [0.25, 0.3) is 0 Å². The Labute approximate surface area is 114 Å². The number of hydrogen-bond acceptors (Lipinski definition) is 5. The molecule has 2 aromatic heterocycles. The Bertz CT molecular complexity index is 778. The van der Waals surface area contributed by atoms with Gasteiger partial charge in [-0.05, 0) is 30.3 Å². The topological polar surface area (TPSA) is 77.2 Å². The zero-order chi connectivity index (χ0) is 14.1. The smallest absolute Gasteiger partial charge is 0.339 e. The lowest BCUT2D eigenvalue weighted by atomic mass is 10.2. The molecule has 6 nitrogen and oxygen atoms in total. The van der Waals surface area contributed by atoms with Crippen molar-refractivity contribution in [2.75, 3.05) is 7.11 Å². The maximum absolute atomic E-state index is 11.4. The Balaban J connectivity index is 2.10. The number of phenolic OH excluding ortho intramolecular Hbond substituents is 1. The molecule has 0 aliphatic rings. The molecule has 1 N–H and O–H groups in total. The van der Waals surface area contributed by atoms with Crippen LogP contribution in [0.5, 0.6) is 5.75 Å². The Morgan fingerprint density at radius 2 is 2.00 bits per heavy atom. The van der Waals surface area contributed by atoms with E-state index < -0.39 is 5.97 Å². The van der Waals surface area contributed by atoms with E-state index in [4.69, 9.17) is 0 Å². The van der Waals surface area contributed by atoms with Crippen LogP contribution in [0.3, 0.4) is 0 Å². The number of aromatic nitrogens is 3. The fourth-order valence-electron chi connectivity index (χ4n) is 1.93. The highest BCUT2D eigenvalue weighted by Gasteiger charge is 2.11. The summed E-state index contributed by atoms with van der Waals surface area (Å²) < 4.78 is 6.42. The minimum absolute atomic E-state index is 0.194. The largest absolute Gasteiger partial charge is 0.508 e. The van der Waals surface area contributed by atoms with Crippen molar-refractivity contribution in [3.8, 4) is 11.4 Å². The van der Waals surface area contributed by atoms with Crippen molar-refractivity contribution in [1.82, 2.24) is 14.5 Å². The standard InChI is InChI=1S/C14H11N3O3/c1-20-14(19)9-6-12-13(15-7-9)17(8-16-12)10-2-4-11(18)5-3-10/h2-8,18H,1H3. The van der Waals surface area contributed by atoms with E-state index in [9.17, 15) is 9.90 Å². The van der Waals surface area contributed by atoms with Crippen LogP contribution in [-0.2, 0) is 4.74 Å². The van der Waals surface area contributed by atoms with E-state index in [1.54, 1.807) is 41.2 Å². The van der Waals surface area contributed by atoms with Gasteiger partial charge in [-0.1, -0.05) is 0 Å². The quantitative estimate of drug-likeness (QED) is 0.719. The maximum atomic E-state index is 11.4. The van der Waals surface area contributed by atoms with Crippen LogP contribution in [0.4, 0.5) is 0 Å². The number of esters is 1. The lowest BCUT2D eigenvalue weighted by molar-refractivity contribution is 0.0600. The Kier molecular flexibility index (Phi) is 2.83. The van der Waals surface area contributed by atoms with Crippen LogP contribution in [0.25, 0.3) is 16.9 Å². The van der Waals surface area contributed by atoms with Gasteiger partial charge in [0.05, 0.1) is 12.7 Å². The van der Waals surface area contributed by atoms with Crippen LogP contribution < -0.4 is 0 Å². The molecule has 0 saturated carbocycles. The van der Waals surface area contributed by atoms with Crippen molar-refractivity contribution >= 4 is 17.1 Å². The number of ether oxygens (including phenoxy) is 1. The van der Waals surface area contributed by atoms with Gasteiger partial charge >= 0.3 is 5.97 Å². The van der Waals surface area contributed by atoms with E-state index in [-0.39, 0.29) is 5.75 Å². The third-order valence-electron chi connectivity index (χ3n) is 2.94. The molecule has 0 bridgehead atoms. The fourth-order valence-corrected chi connectivity index (χ4v) is 1.93. The van der Waals surface area contributed by atoms with Crippen molar-refractivity contribution in [3.05, 3.63) is 48.4 Å². The molecule has 100 valence electrons. The van der Waals surface area contributed by atoms with E-state index >= 15 is 0 Å². The summed E-state index contributed by atoms with van der Waals surface area (Å²) in [5, 5.41) is 9.30. The molecule has 0 saturated heterocycles. The number of carbonyl (C=O) groups excluding carboxylic acids is 1. The molecular formula is C14H11N3O3. The summed E-state index contributed by atoms with van der Waals surface area (Å²) in [4.78, 5) is 19.9. The van der Waals surface area contributed by atoms with Gasteiger partial charge in [-0.25, -0.2) is 14.8 Å². The summed E-state index contributed by atoms with van der Waals surface area (Å²) in [6.07, 6.45) is 3.07. The van der Waals surface area contributed by atoms with E-state index in [2.05, 4.69) is 14.7 Å². The molecule has 3 rings (SSSR count). The van der Waals surface area contributed by atoms with Gasteiger partial charge in [0, 0.05) is 11.9 Å². The van der Waals surface area contributed by atoms with Gasteiger partial charge in [0.1, 0.15) is 17.6 Å². The number of rotatable bonds is 2. The summed E-state index contributed by atoms with van der Waals surface area (Å²) in [6.45, 7) is 0. The Morgan fingerprint density at radius 3 is 2.70 bits per heavy atom. The molecule has 20 heavy (non-hydrogen) atoms. The molecule has 3 aromatic rings. The van der Waals surface area contributed by atoms with E-state index in [0.29, 0.717) is 16.7 Å². The molecule has 0 spiro atoms. The number of fused-ring (bicyclic) bond motifs is 1. The Hall–Kier alpha value is -2.89. The molecule has 0 unspecified atom stereocenters. The van der Waals surface area contributed by atoms with Gasteiger partial charge < -0.3 is 9.84 Å². The minimum atomic E-state index is -0.446. The molecule has 0 aliphatic carbocycles. The van der Waals surface area contributed by atoms with Gasteiger partial charge in [-0.15, -0.1) is 0 Å². The molecule has 6 heteroatoms. The summed E-state index contributed by atoms with van der Waals surface area (Å²) in [6, 6.07) is 8.32. The molecule has 1 aromatic carbocycles. The third kappa shape index (κ3) is 1.97. The molecule has 0 atom stereocenters. The summed E-state index contributed by atoms with van der Waals surface area (Å²) in [7, 11) is 1.32. The second kappa shape index (κ2) is 4.65. The minimum Gasteiger partial charge on any atom is -0.508 e. The second-order valence-electron chi connectivity index (χ2n) is 4.19. The first kappa shape index (κ1) is 12.2. The molecular weight excluding hydrogens is 258 g/mol. The predicted molar refractivity (Wildman–Crippen MR) is 71.9 cm³/mol. The van der Waals surface area contributed by atoms with Crippen molar-refractivity contribution in [3.63, 3.8) is 0 Å². The number of carbonyl (C=O) groups is 1. The number of phenols is 1. The highest BCUT2D eigenvalue weighted by Crippen LogP contribution is 2.19. The number of aromatic hydroxyl groups is 1. The van der Waals surface area contributed by atoms with Crippen molar-refractivity contribution in [2.45, 2.75) is 0 Å². The van der Waals surface area contributed by atoms with Gasteiger partial charge in [0.2, 0.25) is 0 Å². The van der Waals surface area contributed by atoms with Gasteiger partial charge in [-0.2, -0.15) is 0 Å². The molecule has 0 amide bonds. The van der Waals surface area contributed by atoms with Crippen LogP contribution in [0, 0.1) is 0 Å². The number of benzene rings is 1. The Morgan fingerprint density at radius 1 is 1.25 bits per heavy atom. The number of hydrogen-bond donors (Lipinski definition) is 1. The third-order valence-corrected chi connectivity index (χ3v) is 2.94. The first-order chi connectivity index (χ1) is 9.69. The second-order valence-corrected chi connectivity index (χ2v) is 4.19. The zero-order valence-electron chi connectivity index (χ0n) is 10.6. The van der Waals surface area contributed by atoms with E-state index in [0.717, 1.165) is 5.69 Å². The van der Waals surface area contributed by atoms with Crippen molar-refractivity contribution < 1.29 is 14.6 Å². The van der Waals surface area contributed by atoms with E-state index in [1.165, 1.54) is 13.3 Å². The van der Waals surface area contributed by atoms with Gasteiger partial charge in [-0.3, -0.25) is 4.57 Å². The normalized spacial score (nSPS) is 10.7. The first-order valence-electron chi connectivity index (χ1n) is 5.90. The average Bonchev–Trinajstić information content (AvgIpc) is 2.90. The lowest BCUT2D eigenvalue weighted by Crippen LogP contribution is -2.02. The van der Waals surface area contributed by atoms with E-state index in [1.807, 2.05) is 0 Å². The fraction of sp³-hybridized carbons (Fsp3) is 0.0714. The molecule has 0 radical (unpaired) electrons. The van der Waals surface area contributed by atoms with Crippen LogP contribution in [0.2, 0.25) is 0 Å². The number of methoxy groups -OCH3 is 1. The van der Waals surface area contributed by atoms with Crippen LogP contribution in [0.15, 0.2) is 42.9 Å². The number of pyridine rings is 1.